The molecule has 1 saturated heterocycles. The summed E-state index contributed by atoms with van der Waals surface area (Å²) in [6.07, 6.45) is 3.17. The molecule has 1 fully saturated rings. The van der Waals surface area contributed by atoms with E-state index in [-0.39, 0.29) is 6.09 Å². The van der Waals surface area contributed by atoms with Crippen molar-refractivity contribution in [3.8, 4) is 0 Å². The fourth-order valence-corrected chi connectivity index (χ4v) is 1.68. The van der Waals surface area contributed by atoms with E-state index >= 15 is 0 Å². The molecule has 1 aliphatic rings. The van der Waals surface area contributed by atoms with Gasteiger partial charge in [-0.25, -0.2) is 9.80 Å². The Kier molecular flexibility index (Phi) is 3.97. The molecular weight excluding hydrogens is 192 g/mol. The number of piperidine rings is 1. The minimum absolute atomic E-state index is 0.351. The van der Waals surface area contributed by atoms with Crippen molar-refractivity contribution in [1.29, 1.82) is 0 Å². The van der Waals surface area contributed by atoms with Crippen LogP contribution in [0.1, 0.15) is 47.0 Å². The third-order valence-corrected chi connectivity index (χ3v) is 2.44. The maximum atomic E-state index is 11.5. The minimum Gasteiger partial charge on any atom is -0.443 e. The summed E-state index contributed by atoms with van der Waals surface area (Å²) in [5.74, 6) is 0. The van der Waals surface area contributed by atoms with Gasteiger partial charge >= 0.3 is 6.09 Å². The highest BCUT2D eigenvalue weighted by Gasteiger charge is 2.22. The van der Waals surface area contributed by atoms with Crippen molar-refractivity contribution >= 4 is 6.09 Å². The van der Waals surface area contributed by atoms with Crippen LogP contribution in [0.3, 0.4) is 0 Å². The molecule has 1 rings (SSSR count). The normalized spacial score (nSPS) is 23.6. The zero-order chi connectivity index (χ0) is 11.5. The smallest absolute Gasteiger partial charge is 0.422 e. The van der Waals surface area contributed by atoms with Crippen LogP contribution in [0.25, 0.3) is 0 Å². The number of carbonyl (C=O) groups excluding carboxylic acids is 1. The van der Waals surface area contributed by atoms with Gasteiger partial charge in [-0.1, -0.05) is 6.42 Å². The van der Waals surface area contributed by atoms with Crippen LogP contribution in [-0.4, -0.2) is 29.3 Å². The quantitative estimate of drug-likeness (QED) is 0.728. The first-order valence-electron chi connectivity index (χ1n) is 5.65. The maximum Gasteiger partial charge on any atom is 0.422 e. The van der Waals surface area contributed by atoms with Crippen molar-refractivity contribution in [2.24, 2.45) is 0 Å². The van der Waals surface area contributed by atoms with E-state index in [9.17, 15) is 4.79 Å². The lowest BCUT2D eigenvalue weighted by atomic mass is 10.1. The molecule has 0 aliphatic carbocycles. The molecule has 0 aromatic carbocycles. The predicted molar refractivity (Wildman–Crippen MR) is 59.4 cm³/mol. The SMILES string of the molecule is C[C@@H]1CCCCN1NC(=O)OC(C)(C)C. The zero-order valence-corrected chi connectivity index (χ0v) is 10.2. The molecule has 1 N–H and O–H groups in total. The standard InChI is InChI=1S/C11H22N2O2/c1-9-7-5-6-8-13(9)12-10(14)15-11(2,3)4/h9H,5-8H2,1-4H3,(H,12,14)/t9-/m1/s1. The second kappa shape index (κ2) is 4.84. The van der Waals surface area contributed by atoms with Crippen molar-refractivity contribution in [2.45, 2.75) is 58.6 Å². The van der Waals surface area contributed by atoms with Gasteiger partial charge < -0.3 is 4.74 Å². The maximum absolute atomic E-state index is 11.5. The molecule has 4 nitrogen and oxygen atoms in total. The highest BCUT2D eigenvalue weighted by Crippen LogP contribution is 2.14. The molecule has 1 aliphatic heterocycles. The van der Waals surface area contributed by atoms with Crippen LogP contribution in [0.15, 0.2) is 0 Å². The summed E-state index contributed by atoms with van der Waals surface area (Å²) in [5, 5.41) is 1.97. The lowest BCUT2D eigenvalue weighted by Crippen LogP contribution is -2.51. The fourth-order valence-electron chi connectivity index (χ4n) is 1.68. The molecular formula is C11H22N2O2. The zero-order valence-electron chi connectivity index (χ0n) is 10.2. The van der Waals surface area contributed by atoms with Gasteiger partial charge in [0.25, 0.3) is 0 Å². The number of nitrogens with zero attached hydrogens (tertiary/aromatic N) is 1. The molecule has 0 radical (unpaired) electrons. The molecule has 0 aromatic rings. The van der Waals surface area contributed by atoms with Gasteiger partial charge in [0.05, 0.1) is 0 Å². The second-order valence-electron chi connectivity index (χ2n) is 5.15. The largest absolute Gasteiger partial charge is 0.443 e. The Morgan fingerprint density at radius 3 is 2.60 bits per heavy atom. The molecule has 0 bridgehead atoms. The van der Waals surface area contributed by atoms with Gasteiger partial charge in [0.15, 0.2) is 0 Å². The Morgan fingerprint density at radius 2 is 2.07 bits per heavy atom. The molecule has 15 heavy (non-hydrogen) atoms. The van der Waals surface area contributed by atoms with Gasteiger partial charge in [-0.15, -0.1) is 0 Å². The van der Waals surface area contributed by atoms with E-state index in [0.29, 0.717) is 6.04 Å². The van der Waals surface area contributed by atoms with Crippen LogP contribution in [0, 0.1) is 0 Å². The third kappa shape index (κ3) is 4.51. The molecule has 0 unspecified atom stereocenters. The molecule has 0 spiro atoms. The van der Waals surface area contributed by atoms with Gasteiger partial charge in [0.2, 0.25) is 0 Å². The molecule has 4 heteroatoms. The average molecular weight is 214 g/mol. The van der Waals surface area contributed by atoms with Crippen molar-refractivity contribution in [3.63, 3.8) is 0 Å². The summed E-state index contributed by atoms with van der Waals surface area (Å²) in [4.78, 5) is 11.5. The Hall–Kier alpha value is -0.770. The molecule has 0 saturated carbocycles. The van der Waals surface area contributed by atoms with E-state index < -0.39 is 5.60 Å². The minimum atomic E-state index is -0.427. The number of carbonyl (C=O) groups is 1. The summed E-state index contributed by atoms with van der Waals surface area (Å²) >= 11 is 0. The monoisotopic (exact) mass is 214 g/mol. The molecule has 1 atom stereocenters. The summed E-state index contributed by atoms with van der Waals surface area (Å²) in [7, 11) is 0. The average Bonchev–Trinajstić information content (AvgIpc) is 2.05. The number of nitrogens with one attached hydrogen (secondary N) is 1. The third-order valence-electron chi connectivity index (χ3n) is 2.44. The Labute approximate surface area is 91.9 Å². The van der Waals surface area contributed by atoms with Gasteiger partial charge in [-0.05, 0) is 40.5 Å². The van der Waals surface area contributed by atoms with Gasteiger partial charge in [-0.3, -0.25) is 5.43 Å². The van der Waals surface area contributed by atoms with Crippen molar-refractivity contribution in [2.75, 3.05) is 6.54 Å². The highest BCUT2D eigenvalue weighted by molar-refractivity contribution is 5.67. The lowest BCUT2D eigenvalue weighted by Gasteiger charge is -2.33. The first kappa shape index (κ1) is 12.3. The van der Waals surface area contributed by atoms with E-state index in [1.54, 1.807) is 0 Å². The predicted octanol–water partition coefficient (Wildman–Crippen LogP) is 2.30. The number of rotatable bonds is 1. The van der Waals surface area contributed by atoms with Crippen LogP contribution in [-0.2, 0) is 4.74 Å². The van der Waals surface area contributed by atoms with E-state index in [1.165, 1.54) is 6.42 Å². The Morgan fingerprint density at radius 1 is 1.40 bits per heavy atom. The first-order valence-corrected chi connectivity index (χ1v) is 5.65. The van der Waals surface area contributed by atoms with Crippen LogP contribution in [0.5, 0.6) is 0 Å². The number of hydrogen-bond acceptors (Lipinski definition) is 3. The first-order chi connectivity index (χ1) is 6.88. The fraction of sp³-hybridized carbons (Fsp3) is 0.909. The molecule has 88 valence electrons. The van der Waals surface area contributed by atoms with Crippen LogP contribution in [0.4, 0.5) is 4.79 Å². The summed E-state index contributed by atoms with van der Waals surface area (Å²) in [5.41, 5.74) is 2.37. The highest BCUT2D eigenvalue weighted by atomic mass is 16.6. The Bertz CT molecular complexity index is 223. The second-order valence-corrected chi connectivity index (χ2v) is 5.15. The number of ether oxygens (including phenoxy) is 1. The Balaban J connectivity index is 2.36. The summed E-state index contributed by atoms with van der Waals surface area (Å²) in [6, 6.07) is 0.409. The molecule has 1 amide bonds. The number of hydrogen-bond donors (Lipinski definition) is 1. The van der Waals surface area contributed by atoms with Crippen LogP contribution < -0.4 is 5.43 Å². The number of hydrazine groups is 1. The van der Waals surface area contributed by atoms with Gasteiger partial charge in [-0.2, -0.15) is 0 Å². The van der Waals surface area contributed by atoms with E-state index in [1.807, 2.05) is 25.8 Å². The number of amides is 1. The van der Waals surface area contributed by atoms with E-state index in [0.717, 1.165) is 19.4 Å². The van der Waals surface area contributed by atoms with Gasteiger partial charge in [0, 0.05) is 12.6 Å². The lowest BCUT2D eigenvalue weighted by molar-refractivity contribution is 0.0194. The topological polar surface area (TPSA) is 41.6 Å². The van der Waals surface area contributed by atoms with Crippen molar-refractivity contribution in [1.82, 2.24) is 10.4 Å². The summed E-state index contributed by atoms with van der Waals surface area (Å²) in [6.45, 7) is 8.64. The van der Waals surface area contributed by atoms with Crippen LogP contribution >= 0.6 is 0 Å². The van der Waals surface area contributed by atoms with Crippen molar-refractivity contribution in [3.05, 3.63) is 0 Å². The molecule has 0 aromatic heterocycles. The van der Waals surface area contributed by atoms with Gasteiger partial charge in [0.1, 0.15) is 5.60 Å². The summed E-state index contributed by atoms with van der Waals surface area (Å²) < 4.78 is 5.20. The van der Waals surface area contributed by atoms with E-state index in [4.69, 9.17) is 4.74 Å². The van der Waals surface area contributed by atoms with E-state index in [2.05, 4.69) is 12.3 Å². The van der Waals surface area contributed by atoms with Crippen molar-refractivity contribution < 1.29 is 9.53 Å². The molecule has 1 heterocycles. The van der Waals surface area contributed by atoms with Crippen LogP contribution in [0.2, 0.25) is 0 Å².